The van der Waals surface area contributed by atoms with E-state index in [2.05, 4.69) is 32.6 Å². The molecule has 1 N–H and O–H groups in total. The van der Waals surface area contributed by atoms with Crippen LogP contribution in [0.5, 0.6) is 0 Å². The standard InChI is InChI=1S/C14H27NO2/c1-11(2)9-15(10-13(16)17)12-5-7-14(3,4)8-6-12/h11-12H,5-10H2,1-4H3,(H,16,17). The van der Waals surface area contributed by atoms with Gasteiger partial charge in [0.05, 0.1) is 6.54 Å². The van der Waals surface area contributed by atoms with Gasteiger partial charge in [-0.3, -0.25) is 9.69 Å². The Bertz CT molecular complexity index is 251. The van der Waals surface area contributed by atoms with Crippen molar-refractivity contribution < 1.29 is 9.90 Å². The van der Waals surface area contributed by atoms with E-state index in [1.54, 1.807) is 0 Å². The highest BCUT2D eigenvalue weighted by molar-refractivity contribution is 5.69. The van der Waals surface area contributed by atoms with Gasteiger partial charge in [-0.25, -0.2) is 0 Å². The molecule has 0 atom stereocenters. The molecule has 1 aliphatic rings. The molecule has 100 valence electrons. The van der Waals surface area contributed by atoms with Crippen LogP contribution in [0.15, 0.2) is 0 Å². The van der Waals surface area contributed by atoms with Gasteiger partial charge in [0.1, 0.15) is 0 Å². The maximum Gasteiger partial charge on any atom is 0.317 e. The highest BCUT2D eigenvalue weighted by Crippen LogP contribution is 2.36. The molecule has 0 aromatic rings. The van der Waals surface area contributed by atoms with E-state index < -0.39 is 5.97 Å². The monoisotopic (exact) mass is 241 g/mol. The minimum absolute atomic E-state index is 0.198. The molecule has 1 fully saturated rings. The first-order valence-electron chi connectivity index (χ1n) is 6.76. The van der Waals surface area contributed by atoms with E-state index in [1.807, 2.05) is 0 Å². The van der Waals surface area contributed by atoms with Gasteiger partial charge < -0.3 is 5.11 Å². The van der Waals surface area contributed by atoms with Gasteiger partial charge in [0.15, 0.2) is 0 Å². The van der Waals surface area contributed by atoms with E-state index in [-0.39, 0.29) is 6.54 Å². The van der Waals surface area contributed by atoms with Gasteiger partial charge >= 0.3 is 5.97 Å². The lowest BCUT2D eigenvalue weighted by Crippen LogP contribution is -2.44. The number of nitrogens with zero attached hydrogens (tertiary/aromatic N) is 1. The summed E-state index contributed by atoms with van der Waals surface area (Å²) in [6, 6.07) is 0.474. The minimum Gasteiger partial charge on any atom is -0.480 e. The molecule has 1 saturated carbocycles. The number of aliphatic carboxylic acids is 1. The van der Waals surface area contributed by atoms with Gasteiger partial charge in [-0.05, 0) is 37.0 Å². The average Bonchev–Trinajstić information content (AvgIpc) is 2.14. The van der Waals surface area contributed by atoms with Crippen LogP contribution in [0.3, 0.4) is 0 Å². The van der Waals surface area contributed by atoms with Crippen molar-refractivity contribution >= 4 is 5.97 Å². The van der Waals surface area contributed by atoms with Crippen molar-refractivity contribution in [3.05, 3.63) is 0 Å². The Balaban J connectivity index is 2.55. The first-order valence-corrected chi connectivity index (χ1v) is 6.76. The number of carbonyl (C=O) groups is 1. The Morgan fingerprint density at radius 3 is 2.29 bits per heavy atom. The molecule has 0 spiro atoms. The maximum absolute atomic E-state index is 10.9. The van der Waals surface area contributed by atoms with Crippen molar-refractivity contribution in [3.63, 3.8) is 0 Å². The van der Waals surface area contributed by atoms with E-state index >= 15 is 0 Å². The predicted octanol–water partition coefficient (Wildman–Crippen LogP) is 3.00. The van der Waals surface area contributed by atoms with Crippen LogP contribution in [0.2, 0.25) is 0 Å². The summed E-state index contributed by atoms with van der Waals surface area (Å²) in [4.78, 5) is 13.1. The Morgan fingerprint density at radius 2 is 1.88 bits per heavy atom. The summed E-state index contributed by atoms with van der Waals surface area (Å²) in [5, 5.41) is 8.99. The third-order valence-electron chi connectivity index (χ3n) is 3.76. The summed E-state index contributed by atoms with van der Waals surface area (Å²) in [5.74, 6) is -0.167. The van der Waals surface area contributed by atoms with Crippen LogP contribution < -0.4 is 0 Å². The molecule has 0 aliphatic heterocycles. The molecule has 0 radical (unpaired) electrons. The molecule has 0 bridgehead atoms. The SMILES string of the molecule is CC(C)CN(CC(=O)O)C1CCC(C)(C)CC1. The fourth-order valence-electron chi connectivity index (χ4n) is 2.73. The number of hydrogen-bond acceptors (Lipinski definition) is 2. The Labute approximate surface area is 105 Å². The lowest BCUT2D eigenvalue weighted by Gasteiger charge is -2.40. The largest absolute Gasteiger partial charge is 0.480 e. The van der Waals surface area contributed by atoms with Gasteiger partial charge in [-0.2, -0.15) is 0 Å². The van der Waals surface area contributed by atoms with Crippen LogP contribution in [0.1, 0.15) is 53.4 Å². The first-order chi connectivity index (χ1) is 7.80. The van der Waals surface area contributed by atoms with E-state index in [9.17, 15) is 4.79 Å². The average molecular weight is 241 g/mol. The Kier molecular flexibility index (Phi) is 4.99. The molecule has 0 amide bonds. The van der Waals surface area contributed by atoms with Crippen LogP contribution in [-0.4, -0.2) is 35.1 Å². The summed E-state index contributed by atoms with van der Waals surface area (Å²) in [6.07, 6.45) is 4.72. The molecule has 0 aromatic heterocycles. The van der Waals surface area contributed by atoms with Crippen LogP contribution in [0.4, 0.5) is 0 Å². The number of carboxylic acid groups (broad SMARTS) is 1. The Hall–Kier alpha value is -0.570. The smallest absolute Gasteiger partial charge is 0.317 e. The topological polar surface area (TPSA) is 40.5 Å². The fourth-order valence-corrected chi connectivity index (χ4v) is 2.73. The van der Waals surface area contributed by atoms with Crippen molar-refractivity contribution in [2.45, 2.75) is 59.4 Å². The second-order valence-electron chi connectivity index (χ2n) is 6.61. The Morgan fingerprint density at radius 1 is 1.35 bits per heavy atom. The molecular formula is C14H27NO2. The predicted molar refractivity (Wildman–Crippen MR) is 70.1 cm³/mol. The van der Waals surface area contributed by atoms with Crippen molar-refractivity contribution in [3.8, 4) is 0 Å². The molecule has 17 heavy (non-hydrogen) atoms. The van der Waals surface area contributed by atoms with Crippen molar-refractivity contribution in [1.82, 2.24) is 4.90 Å². The third-order valence-corrected chi connectivity index (χ3v) is 3.76. The first kappa shape index (κ1) is 14.5. The molecule has 0 unspecified atom stereocenters. The summed E-state index contributed by atoms with van der Waals surface area (Å²) < 4.78 is 0. The zero-order valence-electron chi connectivity index (χ0n) is 11.7. The molecular weight excluding hydrogens is 214 g/mol. The number of carboxylic acids is 1. The van der Waals surface area contributed by atoms with Gasteiger partial charge in [0, 0.05) is 12.6 Å². The van der Waals surface area contributed by atoms with Gasteiger partial charge in [-0.1, -0.05) is 27.7 Å². The van der Waals surface area contributed by atoms with Gasteiger partial charge in [0.2, 0.25) is 0 Å². The van der Waals surface area contributed by atoms with Crippen LogP contribution in [0.25, 0.3) is 0 Å². The second kappa shape index (κ2) is 5.85. The van der Waals surface area contributed by atoms with Crippen molar-refractivity contribution in [2.24, 2.45) is 11.3 Å². The molecule has 3 heteroatoms. The zero-order chi connectivity index (χ0) is 13.1. The van der Waals surface area contributed by atoms with Crippen LogP contribution in [-0.2, 0) is 4.79 Å². The van der Waals surface area contributed by atoms with Crippen molar-refractivity contribution in [1.29, 1.82) is 0 Å². The number of hydrogen-bond donors (Lipinski definition) is 1. The summed E-state index contributed by atoms with van der Waals surface area (Å²) in [7, 11) is 0. The highest BCUT2D eigenvalue weighted by Gasteiger charge is 2.30. The second-order valence-corrected chi connectivity index (χ2v) is 6.61. The van der Waals surface area contributed by atoms with Crippen LogP contribution >= 0.6 is 0 Å². The van der Waals surface area contributed by atoms with Crippen molar-refractivity contribution in [2.75, 3.05) is 13.1 Å². The highest BCUT2D eigenvalue weighted by atomic mass is 16.4. The molecule has 1 aliphatic carbocycles. The molecule has 0 aromatic carbocycles. The van der Waals surface area contributed by atoms with E-state index in [4.69, 9.17) is 5.11 Å². The van der Waals surface area contributed by atoms with E-state index in [0.717, 1.165) is 19.4 Å². The van der Waals surface area contributed by atoms with Gasteiger partial charge in [0.25, 0.3) is 0 Å². The summed E-state index contributed by atoms with van der Waals surface area (Å²) in [5.41, 5.74) is 0.448. The molecule has 0 heterocycles. The third kappa shape index (κ3) is 5.07. The minimum atomic E-state index is -0.699. The zero-order valence-corrected chi connectivity index (χ0v) is 11.7. The lowest BCUT2D eigenvalue weighted by molar-refractivity contribution is -0.139. The number of rotatable bonds is 5. The lowest BCUT2D eigenvalue weighted by atomic mass is 9.75. The van der Waals surface area contributed by atoms with Crippen LogP contribution in [0, 0.1) is 11.3 Å². The quantitative estimate of drug-likeness (QED) is 0.804. The maximum atomic E-state index is 10.9. The molecule has 0 saturated heterocycles. The van der Waals surface area contributed by atoms with E-state index in [1.165, 1.54) is 12.8 Å². The summed E-state index contributed by atoms with van der Waals surface area (Å²) >= 11 is 0. The fraction of sp³-hybridized carbons (Fsp3) is 0.929. The van der Waals surface area contributed by atoms with Gasteiger partial charge in [-0.15, -0.1) is 0 Å². The van der Waals surface area contributed by atoms with E-state index in [0.29, 0.717) is 17.4 Å². The normalized spacial score (nSPS) is 21.1. The molecule has 3 nitrogen and oxygen atoms in total. The summed E-state index contributed by atoms with van der Waals surface area (Å²) in [6.45, 7) is 10.0. The molecule has 1 rings (SSSR count).